The molecule has 0 unspecified atom stereocenters. The minimum Gasteiger partial charge on any atom is -0.390 e. The van der Waals surface area contributed by atoms with Crippen LogP contribution in [0.3, 0.4) is 0 Å². The maximum Gasteiger partial charge on any atom is 0.416 e. The molecule has 1 aliphatic carbocycles. The average Bonchev–Trinajstić information content (AvgIpc) is 3.53. The van der Waals surface area contributed by atoms with Crippen molar-refractivity contribution in [3.05, 3.63) is 75.5 Å². The molecule has 1 heterocycles. The summed E-state index contributed by atoms with van der Waals surface area (Å²) in [5.41, 5.74) is 2.26. The van der Waals surface area contributed by atoms with Gasteiger partial charge in [-0.2, -0.15) is 17.5 Å². The minimum absolute atomic E-state index is 0.148. The van der Waals surface area contributed by atoms with Gasteiger partial charge in [0.05, 0.1) is 16.6 Å². The van der Waals surface area contributed by atoms with Gasteiger partial charge in [0, 0.05) is 30.6 Å². The summed E-state index contributed by atoms with van der Waals surface area (Å²) in [6.45, 7) is 5.99. The fraction of sp³-hybridized carbons (Fsp3) is 0.484. The zero-order valence-electron chi connectivity index (χ0n) is 24.0. The van der Waals surface area contributed by atoms with Gasteiger partial charge in [0.2, 0.25) is 10.0 Å². The van der Waals surface area contributed by atoms with E-state index in [1.54, 1.807) is 11.4 Å². The van der Waals surface area contributed by atoms with Gasteiger partial charge in [-0.1, -0.05) is 37.6 Å². The van der Waals surface area contributed by atoms with Crippen molar-refractivity contribution in [2.75, 3.05) is 20.1 Å². The molecule has 0 aliphatic heterocycles. The first-order valence-corrected chi connectivity index (χ1v) is 16.3. The van der Waals surface area contributed by atoms with E-state index >= 15 is 0 Å². The molecule has 5 nitrogen and oxygen atoms in total. The number of β-amino-alcohol motifs (C(OH)–C–C–N with tert-alkyl or cyclic N) is 1. The second-order valence-corrected chi connectivity index (χ2v) is 14.7. The number of benzene rings is 2. The van der Waals surface area contributed by atoms with E-state index < -0.39 is 32.8 Å². The quantitative estimate of drug-likeness (QED) is 0.245. The summed E-state index contributed by atoms with van der Waals surface area (Å²) < 4.78 is 69.3. The van der Waals surface area contributed by atoms with E-state index in [4.69, 9.17) is 0 Å². The summed E-state index contributed by atoms with van der Waals surface area (Å²) in [4.78, 5) is 0.467. The van der Waals surface area contributed by atoms with Crippen LogP contribution in [-0.2, 0) is 35.5 Å². The van der Waals surface area contributed by atoms with Crippen molar-refractivity contribution in [2.45, 2.75) is 75.6 Å². The van der Waals surface area contributed by atoms with Crippen molar-refractivity contribution in [3.8, 4) is 11.1 Å². The van der Waals surface area contributed by atoms with Crippen LogP contribution in [-0.4, -0.2) is 49.6 Å². The summed E-state index contributed by atoms with van der Waals surface area (Å²) in [6, 6.07) is 13.1. The van der Waals surface area contributed by atoms with Crippen LogP contribution >= 0.6 is 11.3 Å². The Morgan fingerprint density at radius 3 is 2.37 bits per heavy atom. The molecule has 2 N–H and O–H groups in total. The standard InChI is InChI=1S/C31H39F3N2O3S2/c1-5-8-29-28(11-12-40-29)24-15-25(31(32,33)34)17-27(16-24)41(38,39)36(4)20-26(37)19-35-30(2,3)18-21-13-22-9-6-7-10-23(22)14-21/h6-7,9-12,15-17,21,26,35,37H,5,8,13-14,18-20H2,1-4H3/t26-/m1/s1. The summed E-state index contributed by atoms with van der Waals surface area (Å²) in [5, 5.41) is 15.9. The van der Waals surface area contributed by atoms with Crippen molar-refractivity contribution in [1.29, 1.82) is 0 Å². The van der Waals surface area contributed by atoms with Gasteiger partial charge in [-0.05, 0) is 97.3 Å². The highest BCUT2D eigenvalue weighted by Crippen LogP contribution is 2.38. The van der Waals surface area contributed by atoms with Crippen molar-refractivity contribution >= 4 is 21.4 Å². The van der Waals surface area contributed by atoms with Crippen molar-refractivity contribution in [1.82, 2.24) is 9.62 Å². The van der Waals surface area contributed by atoms with Gasteiger partial charge in [-0.25, -0.2) is 8.42 Å². The van der Waals surface area contributed by atoms with E-state index in [-0.39, 0.29) is 24.2 Å². The summed E-state index contributed by atoms with van der Waals surface area (Å²) in [5.74, 6) is 0.478. The Morgan fingerprint density at radius 2 is 1.76 bits per heavy atom. The maximum atomic E-state index is 13.8. The van der Waals surface area contributed by atoms with Gasteiger partial charge in [-0.15, -0.1) is 11.3 Å². The molecule has 0 bridgehead atoms. The zero-order chi connectivity index (χ0) is 30.0. The number of hydrogen-bond donors (Lipinski definition) is 2. The molecule has 1 atom stereocenters. The molecular weight excluding hydrogens is 569 g/mol. The van der Waals surface area contributed by atoms with Crippen LogP contribution in [0.25, 0.3) is 11.1 Å². The third-order valence-corrected chi connectivity index (χ3v) is 10.5. The van der Waals surface area contributed by atoms with Gasteiger partial charge in [0.1, 0.15) is 0 Å². The van der Waals surface area contributed by atoms with Crippen LogP contribution in [0.1, 0.15) is 55.2 Å². The number of nitrogens with zero attached hydrogens (tertiary/aromatic N) is 1. The van der Waals surface area contributed by atoms with Crippen molar-refractivity contribution < 1.29 is 26.7 Å². The van der Waals surface area contributed by atoms with Crippen LogP contribution in [0, 0.1) is 5.92 Å². The normalized spacial score (nSPS) is 15.4. The summed E-state index contributed by atoms with van der Waals surface area (Å²) in [7, 11) is -3.03. The molecular formula is C31H39F3N2O3S2. The van der Waals surface area contributed by atoms with Crippen LogP contribution in [0.4, 0.5) is 13.2 Å². The van der Waals surface area contributed by atoms with Crippen molar-refractivity contribution in [2.24, 2.45) is 5.92 Å². The SMILES string of the molecule is CCCc1sccc1-c1cc(C(F)(F)F)cc(S(=O)(=O)N(C)C[C@H](O)CNC(C)(C)CC2Cc3ccccc3C2)c1. The number of likely N-dealkylation sites (N-methyl/N-ethyl adjacent to an activating group) is 1. The summed E-state index contributed by atoms with van der Waals surface area (Å²) in [6.07, 6.45) is -1.35. The predicted octanol–water partition coefficient (Wildman–Crippen LogP) is 6.54. The lowest BCUT2D eigenvalue weighted by Gasteiger charge is -2.31. The molecule has 2 aromatic carbocycles. The van der Waals surface area contributed by atoms with Gasteiger partial charge in [0.15, 0.2) is 0 Å². The lowest BCUT2D eigenvalue weighted by atomic mass is 9.88. The number of thiophene rings is 1. The van der Waals surface area contributed by atoms with E-state index in [1.165, 1.54) is 35.6 Å². The Morgan fingerprint density at radius 1 is 1.10 bits per heavy atom. The minimum atomic E-state index is -4.71. The largest absolute Gasteiger partial charge is 0.416 e. The fourth-order valence-corrected chi connectivity index (χ4v) is 7.99. The molecule has 4 rings (SSSR count). The second kappa shape index (κ2) is 12.6. The van der Waals surface area contributed by atoms with E-state index in [2.05, 4.69) is 43.4 Å². The number of aryl methyl sites for hydroxylation is 1. The van der Waals surface area contributed by atoms with Crippen LogP contribution in [0.5, 0.6) is 0 Å². The highest BCUT2D eigenvalue weighted by atomic mass is 32.2. The third-order valence-electron chi connectivity index (χ3n) is 7.69. The van der Waals surface area contributed by atoms with E-state index in [0.29, 0.717) is 24.0 Å². The molecule has 1 aliphatic rings. The number of alkyl halides is 3. The number of aliphatic hydroxyl groups excluding tert-OH is 1. The number of nitrogens with one attached hydrogen (secondary N) is 1. The molecule has 41 heavy (non-hydrogen) atoms. The molecule has 10 heteroatoms. The number of aliphatic hydroxyl groups is 1. The molecule has 0 saturated carbocycles. The number of halogens is 3. The molecule has 1 aromatic heterocycles. The van der Waals surface area contributed by atoms with Gasteiger partial charge in [-0.3, -0.25) is 0 Å². The summed E-state index contributed by atoms with van der Waals surface area (Å²) >= 11 is 1.44. The second-order valence-electron chi connectivity index (χ2n) is 11.7. The zero-order valence-corrected chi connectivity index (χ0v) is 25.6. The molecule has 0 radical (unpaired) electrons. The first kappa shape index (κ1) is 31.7. The molecule has 0 fully saturated rings. The molecule has 0 amide bonds. The molecule has 3 aromatic rings. The Hall–Kier alpha value is -2.24. The lowest BCUT2D eigenvalue weighted by Crippen LogP contribution is -2.47. The number of hydrogen-bond acceptors (Lipinski definition) is 5. The smallest absolute Gasteiger partial charge is 0.390 e. The Kier molecular flexibility index (Phi) is 9.70. The number of fused-ring (bicyclic) bond motifs is 1. The lowest BCUT2D eigenvalue weighted by molar-refractivity contribution is -0.137. The highest BCUT2D eigenvalue weighted by molar-refractivity contribution is 7.89. The Bertz CT molecular complexity index is 1430. The molecule has 224 valence electrons. The van der Waals surface area contributed by atoms with Gasteiger partial charge in [0.25, 0.3) is 0 Å². The van der Waals surface area contributed by atoms with Crippen LogP contribution < -0.4 is 5.32 Å². The number of rotatable bonds is 12. The first-order valence-electron chi connectivity index (χ1n) is 13.9. The Balaban J connectivity index is 1.44. The topological polar surface area (TPSA) is 69.6 Å². The fourth-order valence-electron chi connectivity index (χ4n) is 5.71. The molecule has 0 spiro atoms. The third kappa shape index (κ3) is 7.78. The van der Waals surface area contributed by atoms with Crippen LogP contribution in [0.15, 0.2) is 58.8 Å². The average molecular weight is 609 g/mol. The van der Waals surface area contributed by atoms with E-state index in [0.717, 1.165) is 40.9 Å². The van der Waals surface area contributed by atoms with Crippen LogP contribution in [0.2, 0.25) is 0 Å². The van der Waals surface area contributed by atoms with Gasteiger partial charge >= 0.3 is 6.18 Å². The van der Waals surface area contributed by atoms with Gasteiger partial charge < -0.3 is 10.4 Å². The van der Waals surface area contributed by atoms with E-state index in [1.807, 2.05) is 6.92 Å². The number of sulfonamides is 1. The highest BCUT2D eigenvalue weighted by Gasteiger charge is 2.34. The van der Waals surface area contributed by atoms with E-state index in [9.17, 15) is 26.7 Å². The first-order chi connectivity index (χ1) is 19.2. The predicted molar refractivity (Wildman–Crippen MR) is 159 cm³/mol. The monoisotopic (exact) mass is 608 g/mol. The molecule has 0 saturated heterocycles. The van der Waals surface area contributed by atoms with Crippen molar-refractivity contribution in [3.63, 3.8) is 0 Å². The Labute approximate surface area is 245 Å². The maximum absolute atomic E-state index is 13.8.